The van der Waals surface area contributed by atoms with Crippen molar-refractivity contribution in [2.24, 2.45) is 0 Å². The molecule has 0 saturated heterocycles. The second-order valence-electron chi connectivity index (χ2n) is 3.53. The molecule has 0 fully saturated rings. The Balaban J connectivity index is 2.87. The van der Waals surface area contributed by atoms with Crippen molar-refractivity contribution in [3.63, 3.8) is 0 Å². The molecular weight excluding hydrogens is 246 g/mol. The van der Waals surface area contributed by atoms with Crippen molar-refractivity contribution in [2.45, 2.75) is 19.4 Å². The van der Waals surface area contributed by atoms with E-state index in [1.807, 2.05) is 6.92 Å². The molecule has 1 unspecified atom stereocenters. The first-order valence-corrected chi connectivity index (χ1v) is 5.76. The van der Waals surface area contributed by atoms with Gasteiger partial charge in [-0.2, -0.15) is 0 Å². The lowest BCUT2D eigenvalue weighted by atomic mass is 10.1. The molecule has 17 heavy (non-hydrogen) atoms. The van der Waals surface area contributed by atoms with Crippen molar-refractivity contribution < 1.29 is 14.8 Å². The number of ether oxygens (including phenoxy) is 1. The zero-order valence-corrected chi connectivity index (χ0v) is 10.2. The SMILES string of the molecule is CCc1ccc(OCC(O)CCl)c([N+](=O)[O-])c1. The standard InChI is InChI=1S/C11H14ClNO4/c1-2-8-3-4-11(10(5-8)13(15)16)17-7-9(14)6-12/h3-5,9,14H,2,6-7H2,1H3. The van der Waals surface area contributed by atoms with Gasteiger partial charge in [0.2, 0.25) is 0 Å². The molecule has 0 bridgehead atoms. The third-order valence-electron chi connectivity index (χ3n) is 2.24. The highest BCUT2D eigenvalue weighted by molar-refractivity contribution is 6.18. The number of aliphatic hydroxyl groups is 1. The second kappa shape index (κ2) is 6.42. The summed E-state index contributed by atoms with van der Waals surface area (Å²) in [5, 5.41) is 20.1. The number of hydrogen-bond donors (Lipinski definition) is 1. The summed E-state index contributed by atoms with van der Waals surface area (Å²) in [4.78, 5) is 10.3. The number of halogens is 1. The van der Waals surface area contributed by atoms with E-state index in [0.717, 1.165) is 5.56 Å². The Hall–Kier alpha value is -1.33. The van der Waals surface area contributed by atoms with E-state index in [1.165, 1.54) is 12.1 Å². The fraction of sp³-hybridized carbons (Fsp3) is 0.455. The number of alkyl halides is 1. The predicted molar refractivity (Wildman–Crippen MR) is 64.7 cm³/mol. The second-order valence-corrected chi connectivity index (χ2v) is 3.84. The van der Waals surface area contributed by atoms with Crippen molar-refractivity contribution in [1.82, 2.24) is 0 Å². The molecule has 0 radical (unpaired) electrons. The molecule has 1 atom stereocenters. The van der Waals surface area contributed by atoms with Crippen LogP contribution < -0.4 is 4.74 Å². The van der Waals surface area contributed by atoms with E-state index in [2.05, 4.69) is 0 Å². The van der Waals surface area contributed by atoms with Gasteiger partial charge in [0.25, 0.3) is 0 Å². The van der Waals surface area contributed by atoms with Gasteiger partial charge < -0.3 is 9.84 Å². The summed E-state index contributed by atoms with van der Waals surface area (Å²) >= 11 is 5.40. The predicted octanol–water partition coefficient (Wildman–Crippen LogP) is 2.14. The lowest BCUT2D eigenvalue weighted by molar-refractivity contribution is -0.386. The van der Waals surface area contributed by atoms with Crippen molar-refractivity contribution in [2.75, 3.05) is 12.5 Å². The molecule has 94 valence electrons. The molecule has 5 nitrogen and oxygen atoms in total. The van der Waals surface area contributed by atoms with Gasteiger partial charge in [0, 0.05) is 6.07 Å². The van der Waals surface area contributed by atoms with Gasteiger partial charge in [0.05, 0.1) is 10.8 Å². The smallest absolute Gasteiger partial charge is 0.311 e. The molecule has 1 rings (SSSR count). The first-order valence-electron chi connectivity index (χ1n) is 5.22. The van der Waals surface area contributed by atoms with Crippen LogP contribution in [0.3, 0.4) is 0 Å². The largest absolute Gasteiger partial charge is 0.484 e. The molecule has 0 saturated carbocycles. The van der Waals surface area contributed by atoms with Crippen LogP contribution in [0, 0.1) is 10.1 Å². The molecule has 1 N–H and O–H groups in total. The van der Waals surface area contributed by atoms with E-state index in [9.17, 15) is 15.2 Å². The zero-order chi connectivity index (χ0) is 12.8. The van der Waals surface area contributed by atoms with Crippen molar-refractivity contribution in [3.05, 3.63) is 33.9 Å². The number of rotatable bonds is 6. The third kappa shape index (κ3) is 3.87. The Morgan fingerprint density at radius 1 is 1.59 bits per heavy atom. The summed E-state index contributed by atoms with van der Waals surface area (Å²) in [6, 6.07) is 4.77. The average Bonchev–Trinajstić information content (AvgIpc) is 2.35. The number of nitro groups is 1. The minimum absolute atomic E-state index is 0.0286. The van der Waals surface area contributed by atoms with E-state index in [4.69, 9.17) is 16.3 Å². The van der Waals surface area contributed by atoms with Crippen molar-refractivity contribution in [3.8, 4) is 5.75 Å². The number of nitro benzene ring substituents is 1. The minimum atomic E-state index is -0.831. The highest BCUT2D eigenvalue weighted by atomic mass is 35.5. The molecule has 0 aliphatic rings. The molecule has 0 aliphatic heterocycles. The summed E-state index contributed by atoms with van der Waals surface area (Å²) in [5.41, 5.74) is 0.771. The number of aliphatic hydroxyl groups excluding tert-OH is 1. The fourth-order valence-electron chi connectivity index (χ4n) is 1.28. The molecule has 0 heterocycles. The van der Waals surface area contributed by atoms with Crippen LogP contribution in [0.5, 0.6) is 5.75 Å². The van der Waals surface area contributed by atoms with Crippen LogP contribution in [0.15, 0.2) is 18.2 Å². The molecule has 6 heteroatoms. The maximum atomic E-state index is 10.8. The maximum absolute atomic E-state index is 10.8. The Morgan fingerprint density at radius 3 is 2.82 bits per heavy atom. The maximum Gasteiger partial charge on any atom is 0.311 e. The first kappa shape index (κ1) is 13.7. The number of hydrogen-bond acceptors (Lipinski definition) is 4. The highest BCUT2D eigenvalue weighted by Gasteiger charge is 2.16. The lowest BCUT2D eigenvalue weighted by Crippen LogP contribution is -2.19. The summed E-state index contributed by atoms with van der Waals surface area (Å²) in [5.74, 6) is 0.178. The van der Waals surface area contributed by atoms with Crippen LogP contribution in [0.25, 0.3) is 0 Å². The van der Waals surface area contributed by atoms with Gasteiger partial charge in [-0.1, -0.05) is 13.0 Å². The van der Waals surface area contributed by atoms with Gasteiger partial charge in [-0.05, 0) is 18.1 Å². The van der Waals surface area contributed by atoms with Crippen LogP contribution in [-0.2, 0) is 6.42 Å². The first-order chi connectivity index (χ1) is 8.08. The molecule has 0 aliphatic carbocycles. The molecule has 0 spiro atoms. The molecule has 0 amide bonds. The highest BCUT2D eigenvalue weighted by Crippen LogP contribution is 2.28. The molecule has 1 aromatic carbocycles. The van der Waals surface area contributed by atoms with Crippen LogP contribution in [0.1, 0.15) is 12.5 Å². The van der Waals surface area contributed by atoms with Gasteiger partial charge in [-0.15, -0.1) is 11.6 Å². The normalized spacial score (nSPS) is 12.2. The van der Waals surface area contributed by atoms with E-state index in [1.54, 1.807) is 6.07 Å². The summed E-state index contributed by atoms with van der Waals surface area (Å²) < 4.78 is 5.17. The van der Waals surface area contributed by atoms with Gasteiger partial charge >= 0.3 is 5.69 Å². The molecular formula is C11H14ClNO4. The number of nitrogens with zero attached hydrogens (tertiary/aromatic N) is 1. The Morgan fingerprint density at radius 2 is 2.29 bits per heavy atom. The molecule has 0 aromatic heterocycles. The Kier molecular flexibility index (Phi) is 5.18. The minimum Gasteiger partial charge on any atom is -0.484 e. The summed E-state index contributed by atoms with van der Waals surface area (Å²) in [6.07, 6.45) is -0.118. The van der Waals surface area contributed by atoms with E-state index >= 15 is 0 Å². The fourth-order valence-corrected chi connectivity index (χ4v) is 1.37. The Bertz CT molecular complexity index is 397. The van der Waals surface area contributed by atoms with Crippen LogP contribution >= 0.6 is 11.6 Å². The number of aryl methyl sites for hydroxylation is 1. The van der Waals surface area contributed by atoms with Gasteiger partial charge in [-0.3, -0.25) is 10.1 Å². The zero-order valence-electron chi connectivity index (χ0n) is 9.43. The monoisotopic (exact) mass is 259 g/mol. The van der Waals surface area contributed by atoms with E-state index in [-0.39, 0.29) is 23.9 Å². The summed E-state index contributed by atoms with van der Waals surface area (Å²) in [7, 11) is 0. The van der Waals surface area contributed by atoms with Crippen LogP contribution in [0.2, 0.25) is 0 Å². The van der Waals surface area contributed by atoms with Crippen molar-refractivity contribution >= 4 is 17.3 Å². The molecule has 1 aromatic rings. The van der Waals surface area contributed by atoms with Gasteiger partial charge in [-0.25, -0.2) is 0 Å². The quantitative estimate of drug-likeness (QED) is 0.483. The van der Waals surface area contributed by atoms with Crippen molar-refractivity contribution in [1.29, 1.82) is 0 Å². The van der Waals surface area contributed by atoms with Gasteiger partial charge in [0.15, 0.2) is 5.75 Å². The average molecular weight is 260 g/mol. The van der Waals surface area contributed by atoms with E-state index < -0.39 is 11.0 Å². The summed E-state index contributed by atoms with van der Waals surface area (Å²) in [6.45, 7) is 1.85. The number of benzene rings is 1. The topological polar surface area (TPSA) is 72.6 Å². The van der Waals surface area contributed by atoms with E-state index in [0.29, 0.717) is 6.42 Å². The Labute approximate surface area is 104 Å². The van der Waals surface area contributed by atoms with Crippen LogP contribution in [-0.4, -0.2) is 28.6 Å². The lowest BCUT2D eigenvalue weighted by Gasteiger charge is -2.10. The third-order valence-corrected chi connectivity index (χ3v) is 2.59. The van der Waals surface area contributed by atoms with Crippen LogP contribution in [0.4, 0.5) is 5.69 Å². The van der Waals surface area contributed by atoms with Gasteiger partial charge in [0.1, 0.15) is 12.7 Å².